The van der Waals surface area contributed by atoms with Gasteiger partial charge in [-0.25, -0.2) is 10.4 Å². The van der Waals surface area contributed by atoms with Crippen LogP contribution in [0.2, 0.25) is 0 Å². The van der Waals surface area contributed by atoms with Gasteiger partial charge in [0.2, 0.25) is 5.91 Å². The number of nitrogens with one attached hydrogen (secondary N) is 2. The summed E-state index contributed by atoms with van der Waals surface area (Å²) in [4.78, 5) is 51.4. The molecular formula is C41H50N6O5S. The molecule has 53 heavy (non-hydrogen) atoms. The summed E-state index contributed by atoms with van der Waals surface area (Å²) in [6.45, 7) is 14.0. The van der Waals surface area contributed by atoms with Crippen molar-refractivity contribution in [2.24, 2.45) is 35.0 Å². The number of rotatable bonds is 6. The van der Waals surface area contributed by atoms with E-state index in [2.05, 4.69) is 74.2 Å². The fourth-order valence-corrected chi connectivity index (χ4v) is 9.52. The first kappa shape index (κ1) is 35.9. The van der Waals surface area contributed by atoms with Crippen LogP contribution in [0, 0.1) is 35.0 Å². The smallest absolute Gasteiger partial charge is 0.325 e. The lowest BCUT2D eigenvalue weighted by atomic mass is 9.84. The van der Waals surface area contributed by atoms with Crippen molar-refractivity contribution in [3.8, 4) is 22.5 Å². The van der Waals surface area contributed by atoms with Crippen molar-refractivity contribution < 1.29 is 23.9 Å². The summed E-state index contributed by atoms with van der Waals surface area (Å²) < 4.78 is 14.3. The zero-order valence-electron chi connectivity index (χ0n) is 31.6. The van der Waals surface area contributed by atoms with Crippen molar-refractivity contribution in [1.82, 2.24) is 30.3 Å². The largest absolute Gasteiger partial charge is 0.464 e. The molecule has 11 nitrogen and oxygen atoms in total. The number of pyridine rings is 1. The maximum Gasteiger partial charge on any atom is 0.325 e. The molecule has 4 aromatic rings. The number of fused-ring (bicyclic) bond motifs is 8. The van der Waals surface area contributed by atoms with Crippen LogP contribution in [0.4, 0.5) is 0 Å². The molecule has 3 fully saturated rings. The molecule has 3 aromatic heterocycles. The van der Waals surface area contributed by atoms with Crippen molar-refractivity contribution in [3.05, 3.63) is 58.2 Å². The Balaban J connectivity index is 1.25. The molecule has 280 valence electrons. The first-order valence-electron chi connectivity index (χ1n) is 19.0. The zero-order chi connectivity index (χ0) is 37.3. The number of carbonyl (C=O) groups excluding carboxylic acids is 3. The Labute approximate surface area is 314 Å². The fourth-order valence-electron chi connectivity index (χ4n) is 8.67. The minimum absolute atomic E-state index is 0.104. The molecule has 2 aliphatic heterocycles. The Bertz CT molecular complexity index is 2080. The van der Waals surface area contributed by atoms with Gasteiger partial charge in [0, 0.05) is 71.6 Å². The van der Waals surface area contributed by atoms with Gasteiger partial charge in [0.25, 0.3) is 5.91 Å². The predicted molar refractivity (Wildman–Crippen MR) is 204 cm³/mol. The average Bonchev–Trinajstić information content (AvgIpc) is 3.95. The molecule has 2 amide bonds. The number of hydrogen-bond donors (Lipinski definition) is 2. The highest BCUT2D eigenvalue weighted by molar-refractivity contribution is 7.10. The van der Waals surface area contributed by atoms with Crippen LogP contribution in [0.1, 0.15) is 70.3 Å². The summed E-state index contributed by atoms with van der Waals surface area (Å²) in [5.74, 6) is 0.0498. The first-order chi connectivity index (χ1) is 25.4. The van der Waals surface area contributed by atoms with E-state index < -0.39 is 17.5 Å². The van der Waals surface area contributed by atoms with Crippen molar-refractivity contribution in [1.29, 1.82) is 0 Å². The molecule has 12 heteroatoms. The second kappa shape index (κ2) is 13.6. The minimum atomic E-state index is -0.822. The van der Waals surface area contributed by atoms with Gasteiger partial charge < -0.3 is 19.4 Å². The summed E-state index contributed by atoms with van der Waals surface area (Å²) in [5, 5.41) is 8.55. The summed E-state index contributed by atoms with van der Waals surface area (Å²) in [6.07, 6.45) is 3.33. The first-order valence-corrected chi connectivity index (χ1v) is 19.9. The number of carbonyl (C=O) groups is 3. The van der Waals surface area contributed by atoms with Crippen LogP contribution in [-0.2, 0) is 43.2 Å². The zero-order valence-corrected chi connectivity index (χ0v) is 32.5. The molecule has 6 bridgehead atoms. The minimum Gasteiger partial charge on any atom is -0.464 e. The maximum atomic E-state index is 14.2. The van der Waals surface area contributed by atoms with Gasteiger partial charge in [-0.1, -0.05) is 33.8 Å². The molecule has 0 spiro atoms. The van der Waals surface area contributed by atoms with Gasteiger partial charge in [-0.15, -0.1) is 11.3 Å². The van der Waals surface area contributed by atoms with Crippen LogP contribution in [0.25, 0.3) is 33.4 Å². The number of benzene rings is 1. The predicted octanol–water partition coefficient (Wildman–Crippen LogP) is 5.96. The van der Waals surface area contributed by atoms with Crippen molar-refractivity contribution in [2.75, 3.05) is 20.3 Å². The Morgan fingerprint density at radius 3 is 2.74 bits per heavy atom. The molecule has 1 saturated heterocycles. The molecule has 4 aliphatic rings. The molecule has 8 rings (SSSR count). The van der Waals surface area contributed by atoms with E-state index in [1.54, 1.807) is 12.1 Å². The number of esters is 1. The van der Waals surface area contributed by atoms with E-state index in [-0.39, 0.29) is 66.5 Å². The monoisotopic (exact) mass is 738 g/mol. The molecular weight excluding hydrogens is 689 g/mol. The Kier molecular flexibility index (Phi) is 9.22. The second-order valence-electron chi connectivity index (χ2n) is 16.4. The van der Waals surface area contributed by atoms with Gasteiger partial charge in [0.15, 0.2) is 0 Å². The Hall–Kier alpha value is -4.13. The van der Waals surface area contributed by atoms with E-state index in [1.807, 2.05) is 24.6 Å². The standard InChI is InChI=1S/C41H50N6O5S/c1-8-46-32-12-11-24-14-28(32)29(37(46)26-10-9-13-42-35(26)23(4)51-7)17-41(5,6)20-52-40(50)36-27-15-25(27)18-47(45-36)39(49)30(16-33-43-31(24)19-53-33)44-38(48)34-21(2)22(34)3/h9-14,19,21-23,25,27,30,34,36,45H,8,15-18,20H2,1-7H3,(H,44,48). The molecule has 0 radical (unpaired) electrons. The van der Waals surface area contributed by atoms with Gasteiger partial charge in [-0.3, -0.25) is 24.4 Å². The number of cyclic esters (lactones) is 1. The summed E-state index contributed by atoms with van der Waals surface area (Å²) >= 11 is 1.50. The highest BCUT2D eigenvalue weighted by Gasteiger charge is 2.54. The number of hydrogen-bond acceptors (Lipinski definition) is 9. The van der Waals surface area contributed by atoms with E-state index in [9.17, 15) is 14.4 Å². The third-order valence-electron chi connectivity index (χ3n) is 12.2. The molecule has 1 aromatic carbocycles. The lowest BCUT2D eigenvalue weighted by molar-refractivity contribution is -0.156. The lowest BCUT2D eigenvalue weighted by Crippen LogP contribution is -2.61. The lowest BCUT2D eigenvalue weighted by Gasteiger charge is -2.35. The fraction of sp³-hybridized carbons (Fsp3) is 0.537. The number of amides is 2. The number of thiazole rings is 1. The van der Waals surface area contributed by atoms with E-state index in [4.69, 9.17) is 19.4 Å². The second-order valence-corrected chi connectivity index (χ2v) is 17.4. The molecule has 7 atom stereocenters. The van der Waals surface area contributed by atoms with Crippen LogP contribution < -0.4 is 10.7 Å². The van der Waals surface area contributed by atoms with Gasteiger partial charge >= 0.3 is 5.97 Å². The van der Waals surface area contributed by atoms with E-state index >= 15 is 0 Å². The van der Waals surface area contributed by atoms with Gasteiger partial charge in [0.1, 0.15) is 12.1 Å². The summed E-state index contributed by atoms with van der Waals surface area (Å²) in [7, 11) is 1.70. The molecule has 2 aliphatic carbocycles. The SMILES string of the molecule is CCn1c(-c2cccnc2C(C)OC)c2c3cc(ccc31)-c1csc(n1)CC(NC(=O)C1C(C)C1C)C(=O)N1CC3CC3C(N1)C(=O)OCC(C)(C)C2. The van der Waals surface area contributed by atoms with E-state index in [0.29, 0.717) is 13.0 Å². The van der Waals surface area contributed by atoms with Gasteiger partial charge in [-0.05, 0) is 80.2 Å². The maximum absolute atomic E-state index is 14.2. The van der Waals surface area contributed by atoms with Crippen LogP contribution in [0.5, 0.6) is 0 Å². The Morgan fingerprint density at radius 2 is 2.00 bits per heavy atom. The van der Waals surface area contributed by atoms with Crippen LogP contribution in [0.15, 0.2) is 41.9 Å². The molecule has 5 heterocycles. The van der Waals surface area contributed by atoms with Crippen molar-refractivity contribution >= 4 is 40.0 Å². The molecule has 2 N–H and O–H groups in total. The summed E-state index contributed by atoms with van der Waals surface area (Å²) in [5.41, 5.74) is 9.81. The van der Waals surface area contributed by atoms with Gasteiger partial charge in [-0.2, -0.15) is 0 Å². The van der Waals surface area contributed by atoms with E-state index in [1.165, 1.54) is 11.3 Å². The number of aryl methyl sites for hydroxylation is 1. The van der Waals surface area contributed by atoms with Crippen LogP contribution in [-0.4, -0.2) is 69.7 Å². The third kappa shape index (κ3) is 6.56. The number of ether oxygens (including phenoxy) is 2. The van der Waals surface area contributed by atoms with Crippen LogP contribution >= 0.6 is 11.3 Å². The number of methoxy groups -OCH3 is 1. The topological polar surface area (TPSA) is 128 Å². The van der Waals surface area contributed by atoms with Crippen molar-refractivity contribution in [3.63, 3.8) is 0 Å². The molecule has 7 unspecified atom stereocenters. The third-order valence-corrected chi connectivity index (χ3v) is 13.1. The van der Waals surface area contributed by atoms with Gasteiger partial charge in [0.05, 0.1) is 34.8 Å². The number of nitrogens with zero attached hydrogens (tertiary/aromatic N) is 4. The summed E-state index contributed by atoms with van der Waals surface area (Å²) in [6, 6.07) is 9.13. The molecule has 2 saturated carbocycles. The quantitative estimate of drug-likeness (QED) is 0.232. The number of hydrazine groups is 1. The Morgan fingerprint density at radius 1 is 1.21 bits per heavy atom. The number of aromatic nitrogens is 3. The highest BCUT2D eigenvalue weighted by Crippen LogP contribution is 2.47. The normalized spacial score (nSPS) is 28.5. The van der Waals surface area contributed by atoms with Crippen molar-refractivity contribution in [2.45, 2.75) is 85.5 Å². The average molecular weight is 739 g/mol. The van der Waals surface area contributed by atoms with E-state index in [0.717, 1.165) is 62.6 Å². The highest BCUT2D eigenvalue weighted by atomic mass is 32.1. The van der Waals surface area contributed by atoms with Crippen LogP contribution in [0.3, 0.4) is 0 Å².